The molecule has 2 nitrogen and oxygen atoms in total. The molecule has 3 heteroatoms. The molecule has 1 unspecified atom stereocenters. The van der Waals surface area contributed by atoms with E-state index in [9.17, 15) is 0 Å². The molecule has 0 heterocycles. The molecule has 0 saturated carbocycles. The molecule has 0 aromatic heterocycles. The van der Waals surface area contributed by atoms with Gasteiger partial charge in [-0.05, 0) is 11.7 Å². The van der Waals surface area contributed by atoms with Gasteiger partial charge in [0.15, 0.2) is 0 Å². The van der Waals surface area contributed by atoms with Crippen LogP contribution in [-0.2, 0) is 0 Å². The van der Waals surface area contributed by atoms with E-state index in [0.29, 0.717) is 5.92 Å². The standard InChI is InChI=1S/C6H14O2S/c1-5(2)4-9-6(8)3-7/h5-8H,3-4H2,1-2H3. The number of hydrogen-bond donors (Lipinski definition) is 2. The molecule has 0 aliphatic heterocycles. The lowest BCUT2D eigenvalue weighted by atomic mass is 10.3. The average Bonchev–Trinajstić information content (AvgIpc) is 1.83. The Kier molecular flexibility index (Phi) is 5.24. The van der Waals surface area contributed by atoms with E-state index >= 15 is 0 Å². The molecule has 0 aliphatic carbocycles. The lowest BCUT2D eigenvalue weighted by Gasteiger charge is -2.07. The zero-order valence-electron chi connectivity index (χ0n) is 5.87. The van der Waals surface area contributed by atoms with Gasteiger partial charge in [0, 0.05) is 0 Å². The molecular formula is C6H14O2S. The normalized spacial score (nSPS) is 14.3. The first kappa shape index (κ1) is 9.27. The van der Waals surface area contributed by atoms with Crippen LogP contribution in [0.15, 0.2) is 0 Å². The second-order valence-corrected chi connectivity index (χ2v) is 3.58. The van der Waals surface area contributed by atoms with Crippen LogP contribution in [0.4, 0.5) is 0 Å². The van der Waals surface area contributed by atoms with E-state index in [0.717, 1.165) is 5.75 Å². The fourth-order valence-electron chi connectivity index (χ4n) is 0.356. The fraction of sp³-hybridized carbons (Fsp3) is 1.00. The highest BCUT2D eigenvalue weighted by molar-refractivity contribution is 7.99. The van der Waals surface area contributed by atoms with Gasteiger partial charge in [-0.25, -0.2) is 0 Å². The third-order valence-electron chi connectivity index (χ3n) is 0.778. The van der Waals surface area contributed by atoms with Crippen molar-refractivity contribution in [2.24, 2.45) is 5.92 Å². The van der Waals surface area contributed by atoms with E-state index < -0.39 is 5.44 Å². The molecule has 9 heavy (non-hydrogen) atoms. The van der Waals surface area contributed by atoms with Gasteiger partial charge in [0.2, 0.25) is 0 Å². The van der Waals surface area contributed by atoms with Gasteiger partial charge in [0.1, 0.15) is 5.44 Å². The number of hydrogen-bond acceptors (Lipinski definition) is 3. The largest absolute Gasteiger partial charge is 0.393 e. The summed E-state index contributed by atoms with van der Waals surface area (Å²) in [7, 11) is 0. The molecule has 1 atom stereocenters. The highest BCUT2D eigenvalue weighted by atomic mass is 32.2. The van der Waals surface area contributed by atoms with Crippen LogP contribution in [0.25, 0.3) is 0 Å². The first-order chi connectivity index (χ1) is 4.16. The molecule has 0 radical (unpaired) electrons. The van der Waals surface area contributed by atoms with Crippen LogP contribution < -0.4 is 0 Å². The zero-order valence-corrected chi connectivity index (χ0v) is 6.69. The van der Waals surface area contributed by atoms with Crippen LogP contribution in [0.1, 0.15) is 13.8 Å². The molecule has 0 fully saturated rings. The molecule has 0 amide bonds. The number of aliphatic hydroxyl groups excluding tert-OH is 2. The van der Waals surface area contributed by atoms with Crippen LogP contribution >= 0.6 is 11.8 Å². The molecule has 0 aromatic carbocycles. The Hall–Kier alpha value is 0.270. The topological polar surface area (TPSA) is 40.5 Å². The second kappa shape index (κ2) is 5.09. The molecule has 0 rings (SSSR count). The summed E-state index contributed by atoms with van der Waals surface area (Å²) in [6.07, 6.45) is 0. The van der Waals surface area contributed by atoms with Gasteiger partial charge < -0.3 is 10.2 Å². The van der Waals surface area contributed by atoms with Crippen LogP contribution in [0.3, 0.4) is 0 Å². The van der Waals surface area contributed by atoms with Crippen LogP contribution in [0, 0.1) is 5.92 Å². The van der Waals surface area contributed by atoms with Crippen molar-refractivity contribution in [3.8, 4) is 0 Å². The Labute approximate surface area is 60.3 Å². The van der Waals surface area contributed by atoms with Crippen molar-refractivity contribution in [3.05, 3.63) is 0 Å². The maximum Gasteiger partial charge on any atom is 0.122 e. The van der Waals surface area contributed by atoms with E-state index in [1.165, 1.54) is 11.8 Å². The third-order valence-corrected chi connectivity index (χ3v) is 2.17. The summed E-state index contributed by atoms with van der Waals surface area (Å²) in [5.74, 6) is 1.48. The lowest BCUT2D eigenvalue weighted by Crippen LogP contribution is -2.08. The van der Waals surface area contributed by atoms with Crippen molar-refractivity contribution in [3.63, 3.8) is 0 Å². The molecule has 56 valence electrons. The van der Waals surface area contributed by atoms with Gasteiger partial charge in [-0.1, -0.05) is 13.8 Å². The van der Waals surface area contributed by atoms with Gasteiger partial charge in [-0.3, -0.25) is 0 Å². The number of rotatable bonds is 4. The van der Waals surface area contributed by atoms with E-state index in [4.69, 9.17) is 10.2 Å². The minimum atomic E-state index is -0.590. The lowest BCUT2D eigenvalue weighted by molar-refractivity contribution is 0.160. The van der Waals surface area contributed by atoms with Crippen molar-refractivity contribution in [1.29, 1.82) is 0 Å². The predicted molar refractivity (Wildman–Crippen MR) is 40.4 cm³/mol. The van der Waals surface area contributed by atoms with E-state index in [1.807, 2.05) is 0 Å². The molecule has 0 saturated heterocycles. The zero-order chi connectivity index (χ0) is 7.28. The van der Waals surface area contributed by atoms with Crippen LogP contribution in [-0.4, -0.2) is 28.0 Å². The quantitative estimate of drug-likeness (QED) is 0.579. The van der Waals surface area contributed by atoms with Crippen molar-refractivity contribution in [2.75, 3.05) is 12.4 Å². The average molecular weight is 150 g/mol. The molecular weight excluding hydrogens is 136 g/mol. The van der Waals surface area contributed by atoms with Gasteiger partial charge >= 0.3 is 0 Å². The van der Waals surface area contributed by atoms with Gasteiger partial charge in [0.25, 0.3) is 0 Å². The van der Waals surface area contributed by atoms with E-state index in [1.54, 1.807) is 0 Å². The van der Waals surface area contributed by atoms with Crippen LogP contribution in [0.5, 0.6) is 0 Å². The summed E-state index contributed by atoms with van der Waals surface area (Å²) < 4.78 is 0. The van der Waals surface area contributed by atoms with Crippen molar-refractivity contribution < 1.29 is 10.2 Å². The molecule has 0 spiro atoms. The SMILES string of the molecule is CC(C)CSC(O)CO. The predicted octanol–water partition coefficient (Wildman–Crippen LogP) is 0.686. The number of thioether (sulfide) groups is 1. The maximum absolute atomic E-state index is 8.82. The van der Waals surface area contributed by atoms with Crippen molar-refractivity contribution >= 4 is 11.8 Å². The summed E-state index contributed by atoms with van der Waals surface area (Å²) in [6, 6.07) is 0. The van der Waals surface area contributed by atoms with E-state index in [2.05, 4.69) is 13.8 Å². The monoisotopic (exact) mass is 150 g/mol. The first-order valence-electron chi connectivity index (χ1n) is 3.07. The molecule has 0 aromatic rings. The summed E-state index contributed by atoms with van der Waals surface area (Å²) in [5.41, 5.74) is -0.590. The van der Waals surface area contributed by atoms with Gasteiger partial charge in [-0.15, -0.1) is 11.8 Å². The second-order valence-electron chi connectivity index (χ2n) is 2.36. The molecule has 0 aliphatic rings. The highest BCUT2D eigenvalue weighted by Crippen LogP contribution is 2.11. The Morgan fingerprint density at radius 3 is 2.33 bits per heavy atom. The van der Waals surface area contributed by atoms with Crippen molar-refractivity contribution in [2.45, 2.75) is 19.3 Å². The van der Waals surface area contributed by atoms with Crippen molar-refractivity contribution in [1.82, 2.24) is 0 Å². The Morgan fingerprint density at radius 1 is 1.44 bits per heavy atom. The maximum atomic E-state index is 8.82. The Balaban J connectivity index is 3.06. The number of aliphatic hydroxyl groups is 2. The highest BCUT2D eigenvalue weighted by Gasteiger charge is 2.02. The summed E-state index contributed by atoms with van der Waals surface area (Å²) >= 11 is 1.39. The Bertz CT molecular complexity index is 66.1. The summed E-state index contributed by atoms with van der Waals surface area (Å²) in [5, 5.41) is 17.2. The molecule has 2 N–H and O–H groups in total. The van der Waals surface area contributed by atoms with Gasteiger partial charge in [0.05, 0.1) is 6.61 Å². The van der Waals surface area contributed by atoms with Crippen LogP contribution in [0.2, 0.25) is 0 Å². The summed E-state index contributed by atoms with van der Waals surface area (Å²) in [6.45, 7) is 4.02. The Morgan fingerprint density at radius 2 is 2.00 bits per heavy atom. The smallest absolute Gasteiger partial charge is 0.122 e. The van der Waals surface area contributed by atoms with Gasteiger partial charge in [-0.2, -0.15) is 0 Å². The first-order valence-corrected chi connectivity index (χ1v) is 4.12. The minimum Gasteiger partial charge on any atom is -0.393 e. The molecule has 0 bridgehead atoms. The third kappa shape index (κ3) is 6.15. The van der Waals surface area contributed by atoms with E-state index in [-0.39, 0.29) is 6.61 Å². The minimum absolute atomic E-state index is 0.141. The fourth-order valence-corrected chi connectivity index (χ4v) is 1.07. The summed E-state index contributed by atoms with van der Waals surface area (Å²) in [4.78, 5) is 0.